The number of hydrogen-bond donors (Lipinski definition) is 1. The minimum absolute atomic E-state index is 0.187. The molecule has 0 unspecified atom stereocenters. The molecule has 5 heteroatoms. The summed E-state index contributed by atoms with van der Waals surface area (Å²) < 4.78 is 8.00. The van der Waals surface area contributed by atoms with Gasteiger partial charge in [0.2, 0.25) is 0 Å². The lowest BCUT2D eigenvalue weighted by Gasteiger charge is -2.38. The lowest BCUT2D eigenvalue weighted by Crippen LogP contribution is -2.39. The van der Waals surface area contributed by atoms with E-state index < -0.39 is 0 Å². The molecular formula is C21H24N4O. The van der Waals surface area contributed by atoms with Gasteiger partial charge in [-0.1, -0.05) is 18.2 Å². The van der Waals surface area contributed by atoms with Crippen LogP contribution in [0.2, 0.25) is 0 Å². The van der Waals surface area contributed by atoms with Crippen LogP contribution in [0.3, 0.4) is 0 Å². The van der Waals surface area contributed by atoms with Gasteiger partial charge in [0.05, 0.1) is 5.69 Å². The maximum Gasteiger partial charge on any atom is 0.124 e. The second-order valence-corrected chi connectivity index (χ2v) is 7.46. The number of rotatable bonds is 4. The van der Waals surface area contributed by atoms with Crippen molar-refractivity contribution >= 4 is 0 Å². The van der Waals surface area contributed by atoms with Crippen LogP contribution in [0, 0.1) is 0 Å². The fourth-order valence-corrected chi connectivity index (χ4v) is 3.63. The van der Waals surface area contributed by atoms with Crippen LogP contribution in [0.15, 0.2) is 55.0 Å². The number of benzene rings is 1. The van der Waals surface area contributed by atoms with E-state index in [0.717, 1.165) is 30.0 Å². The van der Waals surface area contributed by atoms with Crippen molar-refractivity contribution in [1.82, 2.24) is 20.1 Å². The molecule has 0 spiro atoms. The van der Waals surface area contributed by atoms with Crippen molar-refractivity contribution in [2.24, 2.45) is 7.05 Å². The summed E-state index contributed by atoms with van der Waals surface area (Å²) in [7, 11) is 1.95. The van der Waals surface area contributed by atoms with E-state index >= 15 is 0 Å². The molecule has 1 N–H and O–H groups in total. The van der Waals surface area contributed by atoms with Gasteiger partial charge in [0.15, 0.2) is 0 Å². The van der Waals surface area contributed by atoms with Crippen molar-refractivity contribution < 1.29 is 4.74 Å². The van der Waals surface area contributed by atoms with E-state index in [1.807, 2.05) is 36.1 Å². The first kappa shape index (κ1) is 16.8. The first-order valence-corrected chi connectivity index (χ1v) is 8.96. The number of hydrogen-bond acceptors (Lipinski definition) is 4. The van der Waals surface area contributed by atoms with Gasteiger partial charge in [0.1, 0.15) is 11.4 Å². The zero-order valence-electron chi connectivity index (χ0n) is 15.4. The van der Waals surface area contributed by atoms with Crippen LogP contribution in [0.5, 0.6) is 5.75 Å². The van der Waals surface area contributed by atoms with Gasteiger partial charge >= 0.3 is 0 Å². The van der Waals surface area contributed by atoms with Gasteiger partial charge < -0.3 is 10.1 Å². The van der Waals surface area contributed by atoms with Gasteiger partial charge in [0.25, 0.3) is 0 Å². The minimum Gasteiger partial charge on any atom is -0.487 e. The fraction of sp³-hybridized carbons (Fsp3) is 0.333. The first-order valence-electron chi connectivity index (χ1n) is 8.96. The van der Waals surface area contributed by atoms with Crippen molar-refractivity contribution in [3.8, 4) is 17.0 Å². The average molecular weight is 348 g/mol. The standard InChI is InChI=1S/C21H24N4O/c1-21(2)11-18(17-8-4-5-9-19(17)26-21)23-13-16-14-25(3)24-20(16)15-7-6-10-22-12-15/h4-10,12,14,18,23H,11,13H2,1-3H3/t18-/m1/s1. The number of para-hydroxylation sites is 1. The molecule has 1 aromatic carbocycles. The molecule has 1 aliphatic heterocycles. The number of nitrogens with zero attached hydrogens (tertiary/aromatic N) is 3. The monoisotopic (exact) mass is 348 g/mol. The maximum absolute atomic E-state index is 6.13. The second-order valence-electron chi connectivity index (χ2n) is 7.46. The Kier molecular flexibility index (Phi) is 4.24. The van der Waals surface area contributed by atoms with Crippen molar-refractivity contribution in [3.05, 3.63) is 66.1 Å². The largest absolute Gasteiger partial charge is 0.487 e. The number of nitrogens with one attached hydrogen (secondary N) is 1. The normalized spacial score (nSPS) is 18.2. The summed E-state index contributed by atoms with van der Waals surface area (Å²) in [5.74, 6) is 0.972. The van der Waals surface area contributed by atoms with Crippen molar-refractivity contribution in [2.75, 3.05) is 0 Å². The number of ether oxygens (including phenoxy) is 1. The van der Waals surface area contributed by atoms with Crippen molar-refractivity contribution in [3.63, 3.8) is 0 Å². The Hall–Kier alpha value is -2.66. The number of pyridine rings is 1. The van der Waals surface area contributed by atoms with Crippen molar-refractivity contribution in [1.29, 1.82) is 0 Å². The van der Waals surface area contributed by atoms with E-state index in [1.165, 1.54) is 11.1 Å². The van der Waals surface area contributed by atoms with E-state index in [2.05, 4.69) is 53.6 Å². The van der Waals surface area contributed by atoms with E-state index in [-0.39, 0.29) is 11.6 Å². The fourth-order valence-electron chi connectivity index (χ4n) is 3.63. The Balaban J connectivity index is 1.59. The van der Waals surface area contributed by atoms with Gasteiger partial charge in [-0.25, -0.2) is 0 Å². The third-order valence-electron chi connectivity index (χ3n) is 4.75. The molecule has 4 rings (SSSR count). The summed E-state index contributed by atoms with van der Waals surface area (Å²) >= 11 is 0. The Morgan fingerprint density at radius 1 is 1.23 bits per heavy atom. The first-order chi connectivity index (χ1) is 12.5. The summed E-state index contributed by atoms with van der Waals surface area (Å²) in [6.45, 7) is 5.03. The average Bonchev–Trinajstić information content (AvgIpc) is 3.00. The maximum atomic E-state index is 6.13. The molecule has 134 valence electrons. The summed E-state index contributed by atoms with van der Waals surface area (Å²) in [5, 5.41) is 8.35. The number of aromatic nitrogens is 3. The van der Waals surface area contributed by atoms with Gasteiger partial charge in [-0.2, -0.15) is 5.10 Å². The SMILES string of the molecule is Cn1cc(CN[C@@H]2CC(C)(C)Oc3ccccc32)c(-c2cccnc2)n1. The predicted octanol–water partition coefficient (Wildman–Crippen LogP) is 3.87. The molecule has 26 heavy (non-hydrogen) atoms. The molecule has 3 aromatic rings. The highest BCUT2D eigenvalue weighted by Crippen LogP contribution is 2.39. The second kappa shape index (κ2) is 6.57. The van der Waals surface area contributed by atoms with Gasteiger partial charge in [-0.3, -0.25) is 9.67 Å². The molecule has 0 bridgehead atoms. The zero-order chi connectivity index (χ0) is 18.1. The molecule has 5 nitrogen and oxygen atoms in total. The van der Waals surface area contributed by atoms with Crippen LogP contribution in [0.25, 0.3) is 11.3 Å². The summed E-state index contributed by atoms with van der Waals surface area (Å²) in [6.07, 6.45) is 6.64. The van der Waals surface area contributed by atoms with E-state index in [0.29, 0.717) is 0 Å². The van der Waals surface area contributed by atoms with Crippen LogP contribution in [-0.2, 0) is 13.6 Å². The van der Waals surface area contributed by atoms with E-state index in [9.17, 15) is 0 Å². The lowest BCUT2D eigenvalue weighted by molar-refractivity contribution is 0.0657. The van der Waals surface area contributed by atoms with Gasteiger partial charge in [0, 0.05) is 61.3 Å². The topological polar surface area (TPSA) is 52.0 Å². The van der Waals surface area contributed by atoms with Crippen molar-refractivity contribution in [2.45, 2.75) is 38.5 Å². The molecule has 1 atom stereocenters. The summed E-state index contributed by atoms with van der Waals surface area (Å²) in [4.78, 5) is 4.22. The predicted molar refractivity (Wildman–Crippen MR) is 102 cm³/mol. The Morgan fingerprint density at radius 2 is 2.08 bits per heavy atom. The Morgan fingerprint density at radius 3 is 2.88 bits per heavy atom. The Bertz CT molecular complexity index is 901. The molecular weight excluding hydrogens is 324 g/mol. The summed E-state index contributed by atoms with van der Waals surface area (Å²) in [6, 6.07) is 12.5. The van der Waals surface area contributed by atoms with E-state index in [4.69, 9.17) is 4.74 Å². The molecule has 0 saturated carbocycles. The lowest BCUT2D eigenvalue weighted by atomic mass is 9.89. The van der Waals surface area contributed by atoms with Crippen LogP contribution < -0.4 is 10.1 Å². The highest BCUT2D eigenvalue weighted by atomic mass is 16.5. The third kappa shape index (κ3) is 3.35. The van der Waals surface area contributed by atoms with Crippen LogP contribution >= 0.6 is 0 Å². The molecule has 0 amide bonds. The molecule has 3 heterocycles. The zero-order valence-corrected chi connectivity index (χ0v) is 15.4. The highest BCUT2D eigenvalue weighted by molar-refractivity contribution is 5.61. The number of fused-ring (bicyclic) bond motifs is 1. The molecule has 0 saturated heterocycles. The molecule has 0 radical (unpaired) electrons. The smallest absolute Gasteiger partial charge is 0.124 e. The highest BCUT2D eigenvalue weighted by Gasteiger charge is 2.33. The van der Waals surface area contributed by atoms with Gasteiger partial charge in [-0.05, 0) is 32.0 Å². The van der Waals surface area contributed by atoms with Crippen LogP contribution in [0.4, 0.5) is 0 Å². The van der Waals surface area contributed by atoms with Crippen LogP contribution in [0.1, 0.15) is 37.4 Å². The molecule has 0 fully saturated rings. The summed E-state index contributed by atoms with van der Waals surface area (Å²) in [5.41, 5.74) is 4.22. The number of aryl methyl sites for hydroxylation is 1. The molecule has 2 aromatic heterocycles. The van der Waals surface area contributed by atoms with Gasteiger partial charge in [-0.15, -0.1) is 0 Å². The minimum atomic E-state index is -0.187. The van der Waals surface area contributed by atoms with Crippen LogP contribution in [-0.4, -0.2) is 20.4 Å². The quantitative estimate of drug-likeness (QED) is 0.777. The Labute approximate surface area is 154 Å². The molecule has 1 aliphatic rings. The molecule has 0 aliphatic carbocycles. The third-order valence-corrected chi connectivity index (χ3v) is 4.75. The van der Waals surface area contributed by atoms with E-state index in [1.54, 1.807) is 6.20 Å².